The quantitative estimate of drug-likeness (QED) is 0.624. The van der Waals surface area contributed by atoms with Gasteiger partial charge in [0.1, 0.15) is 11.6 Å². The minimum Gasteiger partial charge on any atom is -0.337 e. The van der Waals surface area contributed by atoms with Gasteiger partial charge in [-0.1, -0.05) is 12.2 Å². The number of hydrazone groups is 1. The Morgan fingerprint density at radius 1 is 0.914 bits per heavy atom. The van der Waals surface area contributed by atoms with Gasteiger partial charge in [-0.25, -0.2) is 32.9 Å². The van der Waals surface area contributed by atoms with Gasteiger partial charge in [0.15, 0.2) is 11.5 Å². The van der Waals surface area contributed by atoms with Gasteiger partial charge in [0.25, 0.3) is 5.91 Å². The zero-order valence-electron chi connectivity index (χ0n) is 18.6. The summed E-state index contributed by atoms with van der Waals surface area (Å²) in [6.07, 6.45) is 6.53. The van der Waals surface area contributed by atoms with Gasteiger partial charge in [0.2, 0.25) is 5.95 Å². The summed E-state index contributed by atoms with van der Waals surface area (Å²) in [4.78, 5) is 38.8. The number of carbonyl (C=O) groups excluding carboxylic acids is 2. The molecule has 0 radical (unpaired) electrons. The van der Waals surface area contributed by atoms with E-state index >= 15 is 0 Å². The molecule has 9 nitrogen and oxygen atoms in total. The molecule has 1 unspecified atom stereocenters. The molecule has 1 aromatic carbocycles. The lowest BCUT2D eigenvalue weighted by Gasteiger charge is -2.37. The normalized spacial score (nSPS) is 19.7. The number of hydrogen-bond donors (Lipinski definition) is 0. The molecule has 5 rings (SSSR count). The summed E-state index contributed by atoms with van der Waals surface area (Å²) in [6.45, 7) is 2.12. The highest BCUT2D eigenvalue weighted by Gasteiger charge is 2.34. The Labute approximate surface area is 199 Å². The molecule has 12 heteroatoms. The number of carbonyl (C=O) groups is 2. The van der Waals surface area contributed by atoms with Gasteiger partial charge >= 0.3 is 6.03 Å². The summed E-state index contributed by atoms with van der Waals surface area (Å²) in [5.41, 5.74) is 0.0471. The number of anilines is 1. The second-order valence-corrected chi connectivity index (χ2v) is 8.40. The first-order valence-corrected chi connectivity index (χ1v) is 11.2. The molecule has 182 valence electrons. The van der Waals surface area contributed by atoms with Crippen molar-refractivity contribution in [2.45, 2.75) is 12.5 Å². The minimum atomic E-state index is -0.786. The summed E-state index contributed by atoms with van der Waals surface area (Å²) in [6, 6.07) is 2.20. The van der Waals surface area contributed by atoms with Crippen LogP contribution in [0.2, 0.25) is 0 Å². The lowest BCUT2D eigenvalue weighted by atomic mass is 10.0. The summed E-state index contributed by atoms with van der Waals surface area (Å²) < 4.78 is 41.7. The number of hydrogen-bond acceptors (Lipinski definition) is 6. The number of rotatable bonds is 3. The molecule has 1 atom stereocenters. The largest absolute Gasteiger partial charge is 0.341 e. The van der Waals surface area contributed by atoms with E-state index in [2.05, 4.69) is 15.1 Å². The molecule has 1 saturated heterocycles. The Kier molecular flexibility index (Phi) is 6.10. The van der Waals surface area contributed by atoms with Crippen LogP contribution in [0.4, 0.5) is 23.9 Å². The number of urea groups is 1. The summed E-state index contributed by atoms with van der Waals surface area (Å²) >= 11 is 0. The first-order chi connectivity index (χ1) is 16.9. The van der Waals surface area contributed by atoms with E-state index in [9.17, 15) is 22.8 Å². The van der Waals surface area contributed by atoms with Crippen LogP contribution in [0.3, 0.4) is 0 Å². The number of piperazine rings is 1. The topological polar surface area (TPSA) is 85.2 Å². The number of aromatic nitrogens is 2. The van der Waals surface area contributed by atoms with Crippen molar-refractivity contribution < 1.29 is 22.8 Å². The molecular formula is C23H22F3N7O2. The molecular weight excluding hydrogens is 463 g/mol. The third-order valence-electron chi connectivity index (χ3n) is 6.17. The third kappa shape index (κ3) is 4.55. The van der Waals surface area contributed by atoms with Crippen molar-refractivity contribution in [2.24, 2.45) is 5.10 Å². The van der Waals surface area contributed by atoms with Crippen LogP contribution in [0.5, 0.6) is 0 Å². The molecule has 3 aliphatic heterocycles. The van der Waals surface area contributed by atoms with Crippen LogP contribution in [-0.4, -0.2) is 82.2 Å². The van der Waals surface area contributed by atoms with Gasteiger partial charge in [-0.2, -0.15) is 5.10 Å². The highest BCUT2D eigenvalue weighted by atomic mass is 19.1. The average molecular weight is 485 g/mol. The maximum absolute atomic E-state index is 14.3. The van der Waals surface area contributed by atoms with Crippen molar-refractivity contribution in [2.75, 3.05) is 44.2 Å². The monoisotopic (exact) mass is 485 g/mol. The number of halogens is 3. The third-order valence-corrected chi connectivity index (χ3v) is 6.17. The van der Waals surface area contributed by atoms with Crippen molar-refractivity contribution in [3.8, 4) is 0 Å². The smallest absolute Gasteiger partial charge is 0.337 e. The predicted molar refractivity (Wildman–Crippen MR) is 120 cm³/mol. The zero-order valence-corrected chi connectivity index (χ0v) is 18.6. The average Bonchev–Trinajstić information content (AvgIpc) is 3.56. The van der Waals surface area contributed by atoms with E-state index in [-0.39, 0.29) is 17.7 Å². The first-order valence-electron chi connectivity index (χ1n) is 11.2. The second kappa shape index (κ2) is 9.35. The van der Waals surface area contributed by atoms with Gasteiger partial charge in [-0.05, 0) is 17.7 Å². The summed E-state index contributed by atoms with van der Waals surface area (Å²) in [5, 5.41) is 5.36. The van der Waals surface area contributed by atoms with Crippen LogP contribution in [0.25, 0.3) is 0 Å². The van der Waals surface area contributed by atoms with E-state index in [4.69, 9.17) is 0 Å². The maximum atomic E-state index is 14.3. The Morgan fingerprint density at radius 3 is 2.29 bits per heavy atom. The molecule has 0 saturated carbocycles. The minimum absolute atomic E-state index is 0.210. The van der Waals surface area contributed by atoms with E-state index in [0.29, 0.717) is 51.3 Å². The SMILES string of the molecule is O=C(c1nc(N2CCN(C(=O)N3N=CCC3c3cc(F)cc(F)c3)CC2)ncc1F)N1CC=CC1. The van der Waals surface area contributed by atoms with Crippen molar-refractivity contribution in [3.63, 3.8) is 0 Å². The number of amides is 3. The fourth-order valence-corrected chi connectivity index (χ4v) is 4.34. The highest BCUT2D eigenvalue weighted by Crippen LogP contribution is 2.30. The molecule has 1 aromatic heterocycles. The molecule has 35 heavy (non-hydrogen) atoms. The Balaban J connectivity index is 1.25. The number of nitrogens with zero attached hydrogens (tertiary/aromatic N) is 7. The summed E-state index contributed by atoms with van der Waals surface area (Å²) in [7, 11) is 0. The molecule has 1 fully saturated rings. The fraction of sp³-hybridized carbons (Fsp3) is 0.348. The van der Waals surface area contributed by atoms with E-state index < -0.39 is 29.4 Å². The molecule has 3 aliphatic rings. The summed E-state index contributed by atoms with van der Waals surface area (Å²) in [5.74, 6) is -2.51. The molecule has 2 aromatic rings. The van der Waals surface area contributed by atoms with Crippen LogP contribution in [0.15, 0.2) is 41.6 Å². The molecule has 3 amide bonds. The van der Waals surface area contributed by atoms with E-state index in [1.54, 1.807) is 16.0 Å². The second-order valence-electron chi connectivity index (χ2n) is 8.40. The van der Waals surface area contributed by atoms with Gasteiger partial charge in [-0.15, -0.1) is 0 Å². The molecule has 0 spiro atoms. The van der Waals surface area contributed by atoms with Gasteiger partial charge in [0, 0.05) is 58.0 Å². The van der Waals surface area contributed by atoms with Crippen LogP contribution in [-0.2, 0) is 0 Å². The van der Waals surface area contributed by atoms with E-state index in [1.807, 2.05) is 12.2 Å². The van der Waals surface area contributed by atoms with Crippen molar-refractivity contribution >= 4 is 24.1 Å². The predicted octanol–water partition coefficient (Wildman–Crippen LogP) is 2.58. The molecule has 0 aliphatic carbocycles. The van der Waals surface area contributed by atoms with Crippen molar-refractivity contribution in [1.29, 1.82) is 0 Å². The van der Waals surface area contributed by atoms with Gasteiger partial charge in [-0.3, -0.25) is 4.79 Å². The van der Waals surface area contributed by atoms with Crippen LogP contribution < -0.4 is 4.90 Å². The van der Waals surface area contributed by atoms with E-state index in [1.165, 1.54) is 22.0 Å². The van der Waals surface area contributed by atoms with Crippen LogP contribution in [0, 0.1) is 17.5 Å². The standard InChI is InChI=1S/C23H22F3N7O2/c24-16-11-15(12-17(25)13-16)19-3-4-28-33(19)23(35)32-9-7-31(8-10-32)22-27-14-18(26)20(29-22)21(34)30-5-1-2-6-30/h1-2,4,11-14,19H,3,5-10H2. The Bertz CT molecular complexity index is 1190. The maximum Gasteiger partial charge on any atom is 0.341 e. The van der Waals surface area contributed by atoms with Crippen molar-refractivity contribution in [1.82, 2.24) is 24.8 Å². The Hall–Kier alpha value is -3.96. The fourth-order valence-electron chi connectivity index (χ4n) is 4.34. The van der Waals surface area contributed by atoms with Crippen LogP contribution in [0.1, 0.15) is 28.5 Å². The Morgan fingerprint density at radius 2 is 1.60 bits per heavy atom. The van der Waals surface area contributed by atoms with Gasteiger partial charge < -0.3 is 14.7 Å². The molecule has 0 N–H and O–H groups in total. The number of benzene rings is 1. The first kappa shape index (κ1) is 22.8. The zero-order chi connectivity index (χ0) is 24.5. The van der Waals surface area contributed by atoms with Gasteiger partial charge in [0.05, 0.1) is 12.2 Å². The van der Waals surface area contributed by atoms with Crippen molar-refractivity contribution in [3.05, 3.63) is 65.3 Å². The molecule has 4 heterocycles. The lowest BCUT2D eigenvalue weighted by molar-refractivity contribution is 0.0789. The lowest BCUT2D eigenvalue weighted by Crippen LogP contribution is -2.52. The molecule has 0 bridgehead atoms. The van der Waals surface area contributed by atoms with E-state index in [0.717, 1.165) is 12.3 Å². The highest BCUT2D eigenvalue weighted by molar-refractivity contribution is 5.93. The van der Waals surface area contributed by atoms with Crippen LogP contribution >= 0.6 is 0 Å².